The van der Waals surface area contributed by atoms with E-state index in [9.17, 15) is 9.90 Å². The molecule has 0 aliphatic heterocycles. The second-order valence-electron chi connectivity index (χ2n) is 9.50. The van der Waals surface area contributed by atoms with Gasteiger partial charge < -0.3 is 20.6 Å². The molecule has 180 valence electrons. The maximum absolute atomic E-state index is 13.1. The minimum atomic E-state index is -0.781. The number of carbonyl (C=O) groups is 1. The highest BCUT2D eigenvalue weighted by Gasteiger charge is 2.21. The molecule has 34 heavy (non-hydrogen) atoms. The number of furan rings is 1. The summed E-state index contributed by atoms with van der Waals surface area (Å²) >= 11 is 1.57. The molecule has 1 saturated carbocycles. The van der Waals surface area contributed by atoms with Gasteiger partial charge in [0, 0.05) is 52.1 Å². The Morgan fingerprint density at radius 1 is 1.35 bits per heavy atom. The first-order valence-corrected chi connectivity index (χ1v) is 12.6. The van der Waals surface area contributed by atoms with E-state index in [2.05, 4.69) is 15.3 Å². The number of benzene rings is 1. The molecule has 0 radical (unpaired) electrons. The van der Waals surface area contributed by atoms with Gasteiger partial charge in [-0.1, -0.05) is 19.3 Å². The number of nitrogens with one attached hydrogen (secondary N) is 1. The number of aliphatic imine (C=N–C) groups is 1. The average Bonchev–Trinajstić information content (AvgIpc) is 3.51. The molecular weight excluding hydrogens is 448 g/mol. The number of carbonyl (C=O) groups excluding carboxylic acids is 1. The molecule has 3 aromatic rings. The van der Waals surface area contributed by atoms with Gasteiger partial charge in [-0.3, -0.25) is 9.79 Å². The van der Waals surface area contributed by atoms with Gasteiger partial charge in [-0.25, -0.2) is 4.98 Å². The monoisotopic (exact) mass is 480 g/mol. The van der Waals surface area contributed by atoms with Gasteiger partial charge in [0.1, 0.15) is 5.69 Å². The zero-order chi connectivity index (χ0) is 24.1. The minimum absolute atomic E-state index is 0.252. The Kier molecular flexibility index (Phi) is 7.48. The van der Waals surface area contributed by atoms with Crippen molar-refractivity contribution < 1.29 is 14.3 Å². The lowest BCUT2D eigenvalue weighted by molar-refractivity contribution is 0.0739. The van der Waals surface area contributed by atoms with Crippen LogP contribution in [0.25, 0.3) is 11.1 Å². The topological polar surface area (TPSA) is 114 Å². The van der Waals surface area contributed by atoms with Crippen molar-refractivity contribution in [2.75, 3.05) is 17.6 Å². The predicted octanol–water partition coefficient (Wildman–Crippen LogP) is 5.87. The third kappa shape index (κ3) is 6.12. The van der Waals surface area contributed by atoms with Crippen LogP contribution in [0, 0.1) is 0 Å². The van der Waals surface area contributed by atoms with Crippen molar-refractivity contribution in [1.29, 1.82) is 0 Å². The van der Waals surface area contributed by atoms with Crippen molar-refractivity contribution >= 4 is 34.8 Å². The van der Waals surface area contributed by atoms with E-state index in [1.807, 2.05) is 23.6 Å². The fourth-order valence-corrected chi connectivity index (χ4v) is 5.09. The zero-order valence-corrected chi connectivity index (χ0v) is 20.5. The quantitative estimate of drug-likeness (QED) is 0.276. The van der Waals surface area contributed by atoms with Crippen LogP contribution in [-0.4, -0.2) is 34.4 Å². The number of nitrogens with two attached hydrogens (primary N) is 1. The predicted molar refractivity (Wildman–Crippen MR) is 138 cm³/mol. The average molecular weight is 481 g/mol. The number of hydrogen-bond acceptors (Lipinski definition) is 7. The summed E-state index contributed by atoms with van der Waals surface area (Å²) in [7, 11) is 0. The highest BCUT2D eigenvalue weighted by molar-refractivity contribution is 7.10. The van der Waals surface area contributed by atoms with Gasteiger partial charge in [0.15, 0.2) is 0 Å². The van der Waals surface area contributed by atoms with Crippen LogP contribution >= 0.6 is 11.3 Å². The number of nitrogen functional groups attached to an aromatic ring is 1. The van der Waals surface area contributed by atoms with Gasteiger partial charge in [0.05, 0.1) is 23.1 Å². The summed E-state index contributed by atoms with van der Waals surface area (Å²) < 4.78 is 5.25. The normalized spacial score (nSPS) is 15.1. The number of nitrogens with zero attached hydrogens (tertiary/aromatic N) is 2. The lowest BCUT2D eigenvalue weighted by Crippen LogP contribution is -2.19. The summed E-state index contributed by atoms with van der Waals surface area (Å²) in [4.78, 5) is 22.2. The molecular formula is C26H32N4O3S. The molecule has 1 aromatic carbocycles. The summed E-state index contributed by atoms with van der Waals surface area (Å²) in [6.45, 7) is 3.97. The van der Waals surface area contributed by atoms with Crippen LogP contribution in [0.15, 0.2) is 45.5 Å². The second-order valence-corrected chi connectivity index (χ2v) is 10.4. The Balaban J connectivity index is 1.57. The Morgan fingerprint density at radius 2 is 2.15 bits per heavy atom. The summed E-state index contributed by atoms with van der Waals surface area (Å²) in [5, 5.41) is 15.8. The molecule has 2 aromatic heterocycles. The van der Waals surface area contributed by atoms with E-state index >= 15 is 0 Å². The molecule has 0 spiro atoms. The molecule has 8 heteroatoms. The Labute approximate surface area is 204 Å². The fourth-order valence-electron chi connectivity index (χ4n) is 4.12. The number of thiazole rings is 1. The van der Waals surface area contributed by atoms with E-state index in [4.69, 9.17) is 10.2 Å². The van der Waals surface area contributed by atoms with Crippen molar-refractivity contribution in [3.8, 4) is 11.1 Å². The summed E-state index contributed by atoms with van der Waals surface area (Å²) in [6, 6.07) is 5.45. The summed E-state index contributed by atoms with van der Waals surface area (Å²) in [5.74, 6) is 0.211. The number of aliphatic hydroxyl groups is 1. The standard InChI is InChI=1S/C26H32N4O3S/c1-26(2,32)9-10-28-14-19-12-22(20(13-21(19)27)18-8-11-33-15-18)29-24(31)23-16-34-25(30-23)17-6-4-3-5-7-17/h8,11-17,32H,3-7,9-10,27H2,1-2H3,(H,29,31). The SMILES string of the molecule is CC(C)(O)CCN=Cc1cc(NC(=O)c2csc(C3CCCCC3)n2)c(-c2ccoc2)cc1N. The van der Waals surface area contributed by atoms with Crippen LogP contribution < -0.4 is 11.1 Å². The number of hydrogen-bond donors (Lipinski definition) is 3. The molecule has 0 saturated heterocycles. The molecule has 0 unspecified atom stereocenters. The molecule has 0 bridgehead atoms. The molecule has 7 nitrogen and oxygen atoms in total. The third-order valence-corrected chi connectivity index (χ3v) is 7.10. The molecule has 1 amide bonds. The Hall–Kier alpha value is -2.97. The second kappa shape index (κ2) is 10.5. The van der Waals surface area contributed by atoms with Gasteiger partial charge in [-0.2, -0.15) is 0 Å². The van der Waals surface area contributed by atoms with E-state index in [0.717, 1.165) is 29.0 Å². The van der Waals surface area contributed by atoms with E-state index < -0.39 is 5.60 Å². The van der Waals surface area contributed by atoms with E-state index in [1.165, 1.54) is 19.3 Å². The van der Waals surface area contributed by atoms with Gasteiger partial charge in [-0.05, 0) is 51.3 Å². The first-order chi connectivity index (χ1) is 16.3. The van der Waals surface area contributed by atoms with Crippen molar-refractivity contribution in [3.05, 3.63) is 52.4 Å². The Morgan fingerprint density at radius 3 is 2.85 bits per heavy atom. The van der Waals surface area contributed by atoms with Crippen molar-refractivity contribution in [3.63, 3.8) is 0 Å². The molecule has 1 aliphatic rings. The summed E-state index contributed by atoms with van der Waals surface area (Å²) in [5.41, 5.74) is 9.36. The van der Waals surface area contributed by atoms with E-state index in [0.29, 0.717) is 41.5 Å². The number of rotatable bonds is 8. The minimum Gasteiger partial charge on any atom is -0.472 e. The maximum Gasteiger partial charge on any atom is 0.275 e. The van der Waals surface area contributed by atoms with Crippen LogP contribution in [0.4, 0.5) is 11.4 Å². The largest absolute Gasteiger partial charge is 0.472 e. The zero-order valence-electron chi connectivity index (χ0n) is 19.7. The van der Waals surface area contributed by atoms with E-state index in [1.54, 1.807) is 43.9 Å². The van der Waals surface area contributed by atoms with Crippen LogP contribution in [-0.2, 0) is 0 Å². The molecule has 0 atom stereocenters. The molecule has 4 N–H and O–H groups in total. The highest BCUT2D eigenvalue weighted by atomic mass is 32.1. The van der Waals surface area contributed by atoms with Crippen LogP contribution in [0.3, 0.4) is 0 Å². The van der Waals surface area contributed by atoms with Crippen LogP contribution in [0.5, 0.6) is 0 Å². The highest BCUT2D eigenvalue weighted by Crippen LogP contribution is 2.35. The number of anilines is 2. The van der Waals surface area contributed by atoms with Gasteiger partial charge in [0.25, 0.3) is 5.91 Å². The van der Waals surface area contributed by atoms with Crippen LogP contribution in [0.2, 0.25) is 0 Å². The number of aromatic nitrogens is 1. The molecule has 1 fully saturated rings. The van der Waals surface area contributed by atoms with Crippen LogP contribution in [0.1, 0.15) is 79.3 Å². The third-order valence-electron chi connectivity index (χ3n) is 6.10. The summed E-state index contributed by atoms with van der Waals surface area (Å²) in [6.07, 6.45) is 11.4. The van der Waals surface area contributed by atoms with Gasteiger partial charge in [0.2, 0.25) is 0 Å². The lowest BCUT2D eigenvalue weighted by Gasteiger charge is -2.18. The molecule has 2 heterocycles. The maximum atomic E-state index is 13.1. The molecule has 4 rings (SSSR count). The molecule has 1 aliphatic carbocycles. The lowest BCUT2D eigenvalue weighted by atomic mass is 9.90. The van der Waals surface area contributed by atoms with Crippen molar-refractivity contribution in [2.45, 2.75) is 63.9 Å². The van der Waals surface area contributed by atoms with Crippen molar-refractivity contribution in [1.82, 2.24) is 4.98 Å². The van der Waals surface area contributed by atoms with E-state index in [-0.39, 0.29) is 5.91 Å². The first-order valence-electron chi connectivity index (χ1n) is 11.8. The fraction of sp³-hybridized carbons (Fsp3) is 0.423. The van der Waals surface area contributed by atoms with Gasteiger partial charge in [-0.15, -0.1) is 11.3 Å². The van der Waals surface area contributed by atoms with Crippen molar-refractivity contribution in [2.24, 2.45) is 4.99 Å². The smallest absolute Gasteiger partial charge is 0.275 e. The Bertz CT molecular complexity index is 1140. The van der Waals surface area contributed by atoms with Gasteiger partial charge >= 0.3 is 0 Å². The number of amides is 1. The first kappa shape index (κ1) is 24.2.